The van der Waals surface area contributed by atoms with Crippen molar-refractivity contribution in [3.05, 3.63) is 46.2 Å². The van der Waals surface area contributed by atoms with Crippen LogP contribution in [0.4, 0.5) is 0 Å². The molecule has 4 nitrogen and oxygen atoms in total. The molecule has 1 amide bonds. The van der Waals surface area contributed by atoms with Crippen LogP contribution in [0.3, 0.4) is 0 Å². The summed E-state index contributed by atoms with van der Waals surface area (Å²) in [4.78, 5) is 29.2. The van der Waals surface area contributed by atoms with Crippen LogP contribution in [0.2, 0.25) is 0 Å². The van der Waals surface area contributed by atoms with Crippen molar-refractivity contribution in [2.45, 2.75) is 32.6 Å². The zero-order valence-electron chi connectivity index (χ0n) is 13.0. The highest BCUT2D eigenvalue weighted by molar-refractivity contribution is 5.79. The number of carbonyl (C=O) groups excluding carboxylic acids is 1. The molecule has 1 aliphatic rings. The fourth-order valence-corrected chi connectivity index (χ4v) is 3.04. The molecule has 1 saturated heterocycles. The Morgan fingerprint density at radius 3 is 2.77 bits per heavy atom. The first-order valence-electron chi connectivity index (χ1n) is 8.02. The van der Waals surface area contributed by atoms with Crippen LogP contribution in [0.25, 0.3) is 10.9 Å². The lowest BCUT2D eigenvalue weighted by Crippen LogP contribution is -2.38. The Kier molecular flexibility index (Phi) is 4.27. The van der Waals surface area contributed by atoms with E-state index in [0.29, 0.717) is 24.3 Å². The van der Waals surface area contributed by atoms with Gasteiger partial charge in [0.15, 0.2) is 0 Å². The zero-order chi connectivity index (χ0) is 15.5. The molecule has 1 N–H and O–H groups in total. The lowest BCUT2D eigenvalue weighted by atomic mass is 9.98. The average Bonchev–Trinajstić information content (AvgIpc) is 2.53. The highest BCUT2D eigenvalue weighted by Crippen LogP contribution is 2.17. The Labute approximate surface area is 130 Å². The van der Waals surface area contributed by atoms with E-state index in [4.69, 9.17) is 0 Å². The van der Waals surface area contributed by atoms with Crippen LogP contribution >= 0.6 is 0 Å². The summed E-state index contributed by atoms with van der Waals surface area (Å²) in [5.74, 6) is 0.881. The van der Waals surface area contributed by atoms with Crippen molar-refractivity contribution in [2.75, 3.05) is 13.1 Å². The summed E-state index contributed by atoms with van der Waals surface area (Å²) in [6.07, 6.45) is 3.09. The number of aryl methyl sites for hydroxylation is 1. The van der Waals surface area contributed by atoms with E-state index in [9.17, 15) is 9.59 Å². The number of piperidine rings is 1. The van der Waals surface area contributed by atoms with Crippen LogP contribution < -0.4 is 5.56 Å². The normalized spacial score (nSPS) is 16.1. The Balaban J connectivity index is 1.67. The van der Waals surface area contributed by atoms with Gasteiger partial charge in [-0.25, -0.2) is 0 Å². The quantitative estimate of drug-likeness (QED) is 0.947. The Bertz CT molecular complexity index is 727. The van der Waals surface area contributed by atoms with Gasteiger partial charge in [0.1, 0.15) is 0 Å². The van der Waals surface area contributed by atoms with Crippen LogP contribution in [0.5, 0.6) is 0 Å². The number of rotatable bonds is 3. The number of nitrogens with one attached hydrogen (secondary N) is 1. The molecular formula is C18H22N2O2. The van der Waals surface area contributed by atoms with Gasteiger partial charge in [-0.2, -0.15) is 0 Å². The molecule has 1 fully saturated rings. The second kappa shape index (κ2) is 6.34. The number of hydrogen-bond acceptors (Lipinski definition) is 2. The number of aromatic nitrogens is 1. The largest absolute Gasteiger partial charge is 0.343 e. The molecule has 1 aromatic heterocycles. The summed E-state index contributed by atoms with van der Waals surface area (Å²) in [6, 6.07) is 9.62. The minimum absolute atomic E-state index is 0.0845. The third kappa shape index (κ3) is 3.21. The summed E-state index contributed by atoms with van der Waals surface area (Å²) in [5.41, 5.74) is 1.45. The van der Waals surface area contributed by atoms with Crippen LogP contribution in [0.15, 0.2) is 35.1 Å². The molecule has 22 heavy (non-hydrogen) atoms. The number of benzene rings is 1. The van der Waals surface area contributed by atoms with E-state index in [1.807, 2.05) is 35.2 Å². The summed E-state index contributed by atoms with van der Waals surface area (Å²) < 4.78 is 0. The van der Waals surface area contributed by atoms with Gasteiger partial charge in [0, 0.05) is 30.6 Å². The summed E-state index contributed by atoms with van der Waals surface area (Å²) in [7, 11) is 0. The van der Waals surface area contributed by atoms with Crippen LogP contribution in [-0.4, -0.2) is 28.9 Å². The van der Waals surface area contributed by atoms with Crippen molar-refractivity contribution in [1.82, 2.24) is 9.88 Å². The van der Waals surface area contributed by atoms with Gasteiger partial charge < -0.3 is 9.88 Å². The first-order chi connectivity index (χ1) is 10.6. The first kappa shape index (κ1) is 14.8. The molecule has 2 heterocycles. The van der Waals surface area contributed by atoms with Gasteiger partial charge >= 0.3 is 0 Å². The molecule has 0 aliphatic carbocycles. The Hall–Kier alpha value is -2.10. The molecule has 1 aliphatic heterocycles. The predicted octanol–water partition coefficient (Wildman–Crippen LogP) is 2.72. The predicted molar refractivity (Wildman–Crippen MR) is 87.9 cm³/mol. The second-order valence-electron chi connectivity index (χ2n) is 6.27. The lowest BCUT2D eigenvalue weighted by Gasteiger charge is -2.30. The van der Waals surface area contributed by atoms with Crippen molar-refractivity contribution in [3.8, 4) is 0 Å². The molecule has 4 heteroatoms. The van der Waals surface area contributed by atoms with E-state index in [2.05, 4.69) is 11.9 Å². The van der Waals surface area contributed by atoms with Crippen LogP contribution in [0.1, 0.15) is 31.7 Å². The van der Waals surface area contributed by atoms with Gasteiger partial charge in [0.25, 0.3) is 5.56 Å². The van der Waals surface area contributed by atoms with Gasteiger partial charge in [-0.15, -0.1) is 0 Å². The second-order valence-corrected chi connectivity index (χ2v) is 6.27. The highest BCUT2D eigenvalue weighted by Gasteiger charge is 2.20. The number of H-pyrrole nitrogens is 1. The van der Waals surface area contributed by atoms with Crippen molar-refractivity contribution < 1.29 is 4.79 Å². The van der Waals surface area contributed by atoms with E-state index in [1.54, 1.807) is 0 Å². The fourth-order valence-electron chi connectivity index (χ4n) is 3.04. The number of fused-ring (bicyclic) bond motifs is 1. The fraction of sp³-hybridized carbons (Fsp3) is 0.444. The van der Waals surface area contributed by atoms with Crippen molar-refractivity contribution in [2.24, 2.45) is 5.92 Å². The standard InChI is InChI=1S/C18H22N2O2/c1-13-8-10-20(11-9-13)17(21)7-6-15-12-14-4-2-3-5-16(14)19-18(15)22/h2-5,12-13H,6-11H2,1H3,(H,19,22). The molecule has 0 spiro atoms. The maximum atomic E-state index is 12.3. The van der Waals surface area contributed by atoms with E-state index in [0.717, 1.165) is 36.8 Å². The molecule has 3 rings (SSSR count). The first-order valence-corrected chi connectivity index (χ1v) is 8.02. The molecule has 1 aromatic carbocycles. The lowest BCUT2D eigenvalue weighted by molar-refractivity contribution is -0.132. The zero-order valence-corrected chi connectivity index (χ0v) is 13.0. The molecule has 0 radical (unpaired) electrons. The maximum Gasteiger partial charge on any atom is 0.251 e. The minimum atomic E-state index is -0.0845. The van der Waals surface area contributed by atoms with E-state index in [-0.39, 0.29) is 11.5 Å². The van der Waals surface area contributed by atoms with Gasteiger partial charge in [-0.1, -0.05) is 25.1 Å². The number of pyridine rings is 1. The smallest absolute Gasteiger partial charge is 0.251 e. The summed E-state index contributed by atoms with van der Waals surface area (Å²) >= 11 is 0. The molecule has 0 unspecified atom stereocenters. The topological polar surface area (TPSA) is 53.2 Å². The van der Waals surface area contributed by atoms with Gasteiger partial charge in [-0.05, 0) is 42.7 Å². The Morgan fingerprint density at radius 2 is 2.00 bits per heavy atom. The van der Waals surface area contributed by atoms with Gasteiger partial charge in [0.2, 0.25) is 5.91 Å². The van der Waals surface area contributed by atoms with Gasteiger partial charge in [0.05, 0.1) is 0 Å². The van der Waals surface area contributed by atoms with Crippen molar-refractivity contribution in [1.29, 1.82) is 0 Å². The summed E-state index contributed by atoms with van der Waals surface area (Å²) in [6.45, 7) is 3.94. The van der Waals surface area contributed by atoms with Crippen LogP contribution in [0, 0.1) is 5.92 Å². The van der Waals surface area contributed by atoms with Crippen molar-refractivity contribution >= 4 is 16.8 Å². The number of para-hydroxylation sites is 1. The number of carbonyl (C=O) groups is 1. The maximum absolute atomic E-state index is 12.3. The Morgan fingerprint density at radius 1 is 1.27 bits per heavy atom. The third-order valence-corrected chi connectivity index (χ3v) is 4.57. The molecule has 0 bridgehead atoms. The third-order valence-electron chi connectivity index (χ3n) is 4.57. The highest BCUT2D eigenvalue weighted by atomic mass is 16.2. The van der Waals surface area contributed by atoms with Crippen molar-refractivity contribution in [3.63, 3.8) is 0 Å². The number of likely N-dealkylation sites (tertiary alicyclic amines) is 1. The van der Waals surface area contributed by atoms with Gasteiger partial charge in [-0.3, -0.25) is 9.59 Å². The van der Waals surface area contributed by atoms with Crippen LogP contribution in [-0.2, 0) is 11.2 Å². The minimum Gasteiger partial charge on any atom is -0.343 e. The number of aromatic amines is 1. The summed E-state index contributed by atoms with van der Waals surface area (Å²) in [5, 5.41) is 1.01. The van der Waals surface area contributed by atoms with E-state index < -0.39 is 0 Å². The number of hydrogen-bond donors (Lipinski definition) is 1. The van der Waals surface area contributed by atoms with E-state index >= 15 is 0 Å². The van der Waals surface area contributed by atoms with E-state index in [1.165, 1.54) is 0 Å². The molecule has 0 saturated carbocycles. The number of amides is 1. The molecule has 116 valence electrons. The molecule has 0 atom stereocenters. The molecular weight excluding hydrogens is 276 g/mol. The monoisotopic (exact) mass is 298 g/mol. The SMILES string of the molecule is CC1CCN(C(=O)CCc2cc3ccccc3[nH]c2=O)CC1. The molecule has 2 aromatic rings. The number of nitrogens with zero attached hydrogens (tertiary/aromatic N) is 1. The average molecular weight is 298 g/mol.